The molecule has 0 aliphatic carbocycles. The maximum Gasteiger partial charge on any atom is 0.434 e. The van der Waals surface area contributed by atoms with Gasteiger partial charge in [-0.1, -0.05) is 0 Å². The average molecular weight is 555 g/mol. The van der Waals surface area contributed by atoms with Gasteiger partial charge in [0, 0.05) is 36.8 Å². The lowest BCUT2D eigenvalue weighted by atomic mass is 10.1. The standard InChI is InChI=1S/C26H18F5N7O2/c1-37-13-14(11-34-37)22-21(8-9-33-24(22)32)40-20-7-4-16(10-19(20)28)36-25(39)18-12-35-38(23(18)26(29,30)31)17-5-2-15(27)3-6-17/h2-13H,1H3,(H2,32,33)(H,36,39). The number of aryl methyl sites for hydroxylation is 1. The Hall–Kier alpha value is -5.27. The molecule has 40 heavy (non-hydrogen) atoms. The van der Waals surface area contributed by atoms with Crippen LogP contribution in [0.15, 0.2) is 73.3 Å². The van der Waals surface area contributed by atoms with E-state index in [4.69, 9.17) is 10.5 Å². The molecule has 0 bridgehead atoms. The molecule has 0 aliphatic rings. The first kappa shape index (κ1) is 26.3. The van der Waals surface area contributed by atoms with Crippen LogP contribution in [-0.4, -0.2) is 30.5 Å². The van der Waals surface area contributed by atoms with Crippen molar-refractivity contribution in [1.29, 1.82) is 0 Å². The van der Waals surface area contributed by atoms with E-state index in [1.54, 1.807) is 13.2 Å². The van der Waals surface area contributed by atoms with Gasteiger partial charge in [-0.05, 0) is 42.5 Å². The number of pyridine rings is 1. The molecule has 0 radical (unpaired) electrons. The van der Waals surface area contributed by atoms with Crippen LogP contribution < -0.4 is 15.8 Å². The highest BCUT2D eigenvalue weighted by molar-refractivity contribution is 6.05. The summed E-state index contributed by atoms with van der Waals surface area (Å²) in [7, 11) is 1.70. The van der Waals surface area contributed by atoms with Gasteiger partial charge in [-0.3, -0.25) is 9.48 Å². The number of ether oxygens (including phenoxy) is 1. The van der Waals surface area contributed by atoms with Crippen LogP contribution in [0.25, 0.3) is 16.8 Å². The number of rotatable bonds is 6. The first-order valence-electron chi connectivity index (χ1n) is 11.4. The lowest BCUT2D eigenvalue weighted by molar-refractivity contribution is -0.143. The van der Waals surface area contributed by atoms with Crippen LogP contribution in [0.3, 0.4) is 0 Å². The van der Waals surface area contributed by atoms with Gasteiger partial charge in [0.25, 0.3) is 5.91 Å². The molecule has 3 heterocycles. The number of anilines is 2. The van der Waals surface area contributed by atoms with E-state index in [0.717, 1.165) is 36.5 Å². The summed E-state index contributed by atoms with van der Waals surface area (Å²) in [6.07, 6.45) is 0.314. The van der Waals surface area contributed by atoms with Gasteiger partial charge >= 0.3 is 6.18 Å². The van der Waals surface area contributed by atoms with E-state index in [-0.39, 0.29) is 28.7 Å². The number of carbonyl (C=O) groups excluding carboxylic acids is 1. The van der Waals surface area contributed by atoms with Crippen LogP contribution in [0.4, 0.5) is 33.5 Å². The SMILES string of the molecule is Cn1cc(-c2c(Oc3ccc(NC(=O)c4cnn(-c5ccc(F)cc5)c4C(F)(F)F)cc3F)ccnc2N)cn1. The van der Waals surface area contributed by atoms with Crippen molar-refractivity contribution in [3.05, 3.63) is 96.2 Å². The minimum atomic E-state index is -4.99. The van der Waals surface area contributed by atoms with Crippen molar-refractivity contribution in [2.75, 3.05) is 11.1 Å². The number of benzene rings is 2. The Bertz CT molecular complexity index is 1710. The maximum absolute atomic E-state index is 15.0. The molecule has 0 saturated carbocycles. The van der Waals surface area contributed by atoms with Crippen LogP contribution in [0.1, 0.15) is 16.1 Å². The number of amides is 1. The van der Waals surface area contributed by atoms with Gasteiger partial charge in [0.1, 0.15) is 17.4 Å². The number of alkyl halides is 3. The molecule has 0 atom stereocenters. The number of nitrogens with two attached hydrogens (primary N) is 1. The van der Waals surface area contributed by atoms with Crippen molar-refractivity contribution in [3.63, 3.8) is 0 Å². The van der Waals surface area contributed by atoms with Gasteiger partial charge in [-0.15, -0.1) is 0 Å². The lowest BCUT2D eigenvalue weighted by Crippen LogP contribution is -2.20. The largest absolute Gasteiger partial charge is 0.453 e. The van der Waals surface area contributed by atoms with Crippen molar-refractivity contribution in [3.8, 4) is 28.3 Å². The zero-order chi connectivity index (χ0) is 28.6. The fourth-order valence-electron chi connectivity index (χ4n) is 3.93. The summed E-state index contributed by atoms with van der Waals surface area (Å²) in [5, 5.41) is 9.98. The van der Waals surface area contributed by atoms with Gasteiger partial charge in [0.05, 0.1) is 29.2 Å². The molecule has 9 nitrogen and oxygen atoms in total. The fourth-order valence-corrected chi connectivity index (χ4v) is 3.93. The maximum atomic E-state index is 15.0. The third kappa shape index (κ3) is 5.18. The summed E-state index contributed by atoms with van der Waals surface area (Å²) >= 11 is 0. The van der Waals surface area contributed by atoms with E-state index >= 15 is 0 Å². The molecular formula is C26H18F5N7O2. The fraction of sp³-hybridized carbons (Fsp3) is 0.0769. The first-order chi connectivity index (χ1) is 19.0. The third-order valence-corrected chi connectivity index (χ3v) is 5.70. The van der Waals surface area contributed by atoms with Gasteiger partial charge in [0.2, 0.25) is 0 Å². The topological polar surface area (TPSA) is 113 Å². The van der Waals surface area contributed by atoms with Gasteiger partial charge in [-0.25, -0.2) is 18.4 Å². The molecule has 2 aromatic carbocycles. The first-order valence-corrected chi connectivity index (χ1v) is 11.4. The van der Waals surface area contributed by atoms with E-state index in [1.165, 1.54) is 35.3 Å². The monoisotopic (exact) mass is 555 g/mol. The Labute approximate surface area is 222 Å². The predicted octanol–water partition coefficient (Wildman–Crippen LogP) is 5.59. The molecule has 5 aromatic rings. The Morgan fingerprint density at radius 1 is 1.00 bits per heavy atom. The zero-order valence-electron chi connectivity index (χ0n) is 20.4. The quantitative estimate of drug-likeness (QED) is 0.264. The highest BCUT2D eigenvalue weighted by atomic mass is 19.4. The predicted molar refractivity (Wildman–Crippen MR) is 134 cm³/mol. The Morgan fingerprint density at radius 2 is 1.75 bits per heavy atom. The van der Waals surface area contributed by atoms with Crippen LogP contribution >= 0.6 is 0 Å². The summed E-state index contributed by atoms with van der Waals surface area (Å²) < 4.78 is 77.7. The van der Waals surface area contributed by atoms with Crippen LogP contribution in [0, 0.1) is 11.6 Å². The number of hydrogen-bond acceptors (Lipinski definition) is 6. The summed E-state index contributed by atoms with van der Waals surface area (Å²) in [5.74, 6) is -2.69. The average Bonchev–Trinajstić information content (AvgIpc) is 3.53. The highest BCUT2D eigenvalue weighted by Gasteiger charge is 2.40. The van der Waals surface area contributed by atoms with Crippen molar-refractivity contribution in [2.45, 2.75) is 6.18 Å². The molecule has 0 spiro atoms. The number of halogens is 5. The molecule has 0 aliphatic heterocycles. The van der Waals surface area contributed by atoms with E-state index in [9.17, 15) is 26.7 Å². The molecule has 0 saturated heterocycles. The van der Waals surface area contributed by atoms with Crippen molar-refractivity contribution < 1.29 is 31.5 Å². The second-order valence-electron chi connectivity index (χ2n) is 8.47. The highest BCUT2D eigenvalue weighted by Crippen LogP contribution is 2.38. The molecule has 1 amide bonds. The van der Waals surface area contributed by atoms with Gasteiger partial charge in [-0.2, -0.15) is 23.4 Å². The zero-order valence-corrected chi connectivity index (χ0v) is 20.4. The number of carbonyl (C=O) groups is 1. The Balaban J connectivity index is 1.40. The van der Waals surface area contributed by atoms with E-state index < -0.39 is 35.0 Å². The van der Waals surface area contributed by atoms with Crippen LogP contribution in [0.2, 0.25) is 0 Å². The van der Waals surface area contributed by atoms with Crippen molar-refractivity contribution in [2.24, 2.45) is 7.05 Å². The molecule has 0 unspecified atom stereocenters. The summed E-state index contributed by atoms with van der Waals surface area (Å²) in [6.45, 7) is 0. The van der Waals surface area contributed by atoms with Crippen LogP contribution in [0.5, 0.6) is 11.5 Å². The van der Waals surface area contributed by atoms with Crippen molar-refractivity contribution in [1.82, 2.24) is 24.5 Å². The Morgan fingerprint density at radius 3 is 2.40 bits per heavy atom. The van der Waals surface area contributed by atoms with Crippen molar-refractivity contribution >= 4 is 17.4 Å². The third-order valence-electron chi connectivity index (χ3n) is 5.70. The summed E-state index contributed by atoms with van der Waals surface area (Å²) in [4.78, 5) is 16.8. The van der Waals surface area contributed by atoms with E-state index in [2.05, 4.69) is 20.5 Å². The molecule has 3 N–H and O–H groups in total. The smallest absolute Gasteiger partial charge is 0.434 e. The molecular weight excluding hydrogens is 537 g/mol. The van der Waals surface area contributed by atoms with Gasteiger partial charge < -0.3 is 15.8 Å². The minimum absolute atomic E-state index is 0.109. The number of nitrogen functional groups attached to an aromatic ring is 1. The van der Waals surface area contributed by atoms with Gasteiger partial charge in [0.15, 0.2) is 17.3 Å². The minimum Gasteiger partial charge on any atom is -0.453 e. The second-order valence-corrected chi connectivity index (χ2v) is 8.47. The van der Waals surface area contributed by atoms with E-state index in [0.29, 0.717) is 15.8 Å². The summed E-state index contributed by atoms with van der Waals surface area (Å²) in [6, 6.07) is 8.91. The number of hydrogen-bond donors (Lipinski definition) is 2. The number of nitrogens with one attached hydrogen (secondary N) is 1. The molecule has 5 rings (SSSR count). The second kappa shape index (κ2) is 10.1. The number of aromatic nitrogens is 5. The molecule has 204 valence electrons. The molecule has 3 aromatic heterocycles. The van der Waals surface area contributed by atoms with E-state index in [1.807, 2.05) is 0 Å². The molecule has 0 fully saturated rings. The van der Waals surface area contributed by atoms with Crippen LogP contribution in [-0.2, 0) is 13.2 Å². The Kier molecular flexibility index (Phi) is 6.67. The normalized spacial score (nSPS) is 11.4. The molecule has 14 heteroatoms. The number of nitrogens with zero attached hydrogens (tertiary/aromatic N) is 5. The summed E-state index contributed by atoms with van der Waals surface area (Å²) in [5.41, 5.74) is 4.52. The lowest BCUT2D eigenvalue weighted by Gasteiger charge is -2.14.